The van der Waals surface area contributed by atoms with Crippen LogP contribution < -0.4 is 5.43 Å². The Hall–Kier alpha value is -2.63. The minimum Gasteiger partial charge on any atom is -0.481 e. The molecular weight excluding hydrogens is 286 g/mol. The van der Waals surface area contributed by atoms with Crippen molar-refractivity contribution in [3.8, 4) is 0 Å². The number of fused-ring (bicyclic) bond motifs is 1. The molecule has 0 saturated carbocycles. The first-order valence-corrected chi connectivity index (χ1v) is 6.90. The van der Waals surface area contributed by atoms with Crippen LogP contribution in [0.3, 0.4) is 0 Å². The molecule has 0 radical (unpaired) electrons. The zero-order chi connectivity index (χ0) is 16.4. The molecule has 116 valence electrons. The van der Waals surface area contributed by atoms with Crippen LogP contribution in [0.1, 0.15) is 31.1 Å². The number of hydrogen-bond acceptors (Lipinski definition) is 3. The van der Waals surface area contributed by atoms with E-state index in [1.807, 2.05) is 13.8 Å². The summed E-state index contributed by atoms with van der Waals surface area (Å²) in [6.07, 6.45) is -0.395. The van der Waals surface area contributed by atoms with Crippen LogP contribution in [0.15, 0.2) is 29.1 Å². The van der Waals surface area contributed by atoms with Gasteiger partial charge in [0.15, 0.2) is 5.43 Å². The number of nitrogens with zero attached hydrogens (tertiary/aromatic N) is 1. The second-order valence-corrected chi connectivity index (χ2v) is 5.46. The summed E-state index contributed by atoms with van der Waals surface area (Å²) in [5.74, 6) is -1.97. The first kappa shape index (κ1) is 15.8. The van der Waals surface area contributed by atoms with Gasteiger partial charge >= 0.3 is 11.9 Å². The molecule has 0 bridgehead atoms. The van der Waals surface area contributed by atoms with Crippen molar-refractivity contribution < 1.29 is 19.8 Å². The Morgan fingerprint density at radius 3 is 2.27 bits per heavy atom. The summed E-state index contributed by atoms with van der Waals surface area (Å²) in [7, 11) is 0. The van der Waals surface area contributed by atoms with E-state index in [0.717, 1.165) is 0 Å². The molecule has 0 spiro atoms. The Labute approximate surface area is 126 Å². The molecule has 6 heteroatoms. The lowest BCUT2D eigenvalue weighted by atomic mass is 10.1. The predicted octanol–water partition coefficient (Wildman–Crippen LogP) is 1.84. The third kappa shape index (κ3) is 3.16. The van der Waals surface area contributed by atoms with Gasteiger partial charge in [0.2, 0.25) is 0 Å². The average molecular weight is 303 g/mol. The van der Waals surface area contributed by atoms with Crippen LogP contribution in [-0.4, -0.2) is 26.7 Å². The van der Waals surface area contributed by atoms with Crippen molar-refractivity contribution >= 4 is 22.8 Å². The van der Waals surface area contributed by atoms with Crippen LogP contribution in [0.4, 0.5) is 0 Å². The molecule has 6 nitrogen and oxygen atoms in total. The topological polar surface area (TPSA) is 96.6 Å². The van der Waals surface area contributed by atoms with E-state index in [0.29, 0.717) is 22.2 Å². The molecule has 0 fully saturated rings. The van der Waals surface area contributed by atoms with Gasteiger partial charge in [-0.3, -0.25) is 14.4 Å². The number of carboxylic acids is 2. The maximum Gasteiger partial charge on any atom is 0.309 e. The van der Waals surface area contributed by atoms with Crippen molar-refractivity contribution in [3.63, 3.8) is 0 Å². The van der Waals surface area contributed by atoms with Crippen molar-refractivity contribution in [1.29, 1.82) is 0 Å². The fourth-order valence-electron chi connectivity index (χ4n) is 2.63. The Balaban J connectivity index is 2.72. The number of benzene rings is 1. The Morgan fingerprint density at radius 1 is 1.09 bits per heavy atom. The van der Waals surface area contributed by atoms with Gasteiger partial charge in [-0.15, -0.1) is 0 Å². The quantitative estimate of drug-likeness (QED) is 0.878. The van der Waals surface area contributed by atoms with Gasteiger partial charge in [0.25, 0.3) is 0 Å². The van der Waals surface area contributed by atoms with E-state index in [1.165, 1.54) is 6.07 Å². The summed E-state index contributed by atoms with van der Waals surface area (Å²) < 4.78 is 1.80. The maximum absolute atomic E-state index is 12.2. The van der Waals surface area contributed by atoms with E-state index < -0.39 is 11.9 Å². The zero-order valence-electron chi connectivity index (χ0n) is 12.4. The van der Waals surface area contributed by atoms with Crippen molar-refractivity contribution in [2.75, 3.05) is 0 Å². The van der Waals surface area contributed by atoms with Gasteiger partial charge in [0.05, 0.1) is 18.4 Å². The van der Waals surface area contributed by atoms with Crippen LogP contribution >= 0.6 is 0 Å². The predicted molar refractivity (Wildman–Crippen MR) is 81.3 cm³/mol. The summed E-state index contributed by atoms with van der Waals surface area (Å²) in [6, 6.07) is 6.19. The van der Waals surface area contributed by atoms with Gasteiger partial charge in [-0.2, -0.15) is 0 Å². The first-order chi connectivity index (χ1) is 10.3. The number of pyridine rings is 1. The summed E-state index contributed by atoms with van der Waals surface area (Å²) >= 11 is 0. The van der Waals surface area contributed by atoms with Crippen LogP contribution in [0.2, 0.25) is 0 Å². The highest BCUT2D eigenvalue weighted by Gasteiger charge is 2.14. The van der Waals surface area contributed by atoms with Gasteiger partial charge in [-0.05, 0) is 31.5 Å². The van der Waals surface area contributed by atoms with Gasteiger partial charge in [-0.1, -0.05) is 6.07 Å². The summed E-state index contributed by atoms with van der Waals surface area (Å²) in [5, 5.41) is 18.2. The number of aromatic nitrogens is 1. The molecule has 0 amide bonds. The number of rotatable bonds is 5. The molecule has 2 N–H and O–H groups in total. The summed E-state index contributed by atoms with van der Waals surface area (Å²) in [5.41, 5.74) is 1.30. The third-order valence-corrected chi connectivity index (χ3v) is 3.40. The Kier molecular flexibility index (Phi) is 4.30. The molecule has 2 rings (SSSR count). The molecule has 1 aromatic carbocycles. The first-order valence-electron chi connectivity index (χ1n) is 6.90. The number of carboxylic acid groups (broad SMARTS) is 2. The van der Waals surface area contributed by atoms with Crippen LogP contribution in [0, 0.1) is 0 Å². The van der Waals surface area contributed by atoms with E-state index in [-0.39, 0.29) is 24.3 Å². The highest BCUT2D eigenvalue weighted by molar-refractivity contribution is 5.82. The van der Waals surface area contributed by atoms with E-state index in [2.05, 4.69) is 0 Å². The molecule has 22 heavy (non-hydrogen) atoms. The normalized spacial score (nSPS) is 11.0. The zero-order valence-corrected chi connectivity index (χ0v) is 12.4. The molecular formula is C16H17NO5. The van der Waals surface area contributed by atoms with E-state index >= 15 is 0 Å². The lowest BCUT2D eigenvalue weighted by Gasteiger charge is -2.20. The standard InChI is InChI=1S/C16H17NO5/c1-9(2)17-11(8-16(21)22)7-14(18)12-5-10(6-15(19)20)3-4-13(12)17/h3-5,7,9H,6,8H2,1-2H3,(H,19,20)(H,21,22). The van der Waals surface area contributed by atoms with Gasteiger partial charge < -0.3 is 14.8 Å². The van der Waals surface area contributed by atoms with Crippen molar-refractivity contribution in [1.82, 2.24) is 4.57 Å². The van der Waals surface area contributed by atoms with E-state index in [4.69, 9.17) is 10.2 Å². The Morgan fingerprint density at radius 2 is 1.73 bits per heavy atom. The second kappa shape index (κ2) is 6.01. The smallest absolute Gasteiger partial charge is 0.309 e. The van der Waals surface area contributed by atoms with Gasteiger partial charge in [0, 0.05) is 23.2 Å². The summed E-state index contributed by atoms with van der Waals surface area (Å²) in [6.45, 7) is 3.81. The highest BCUT2D eigenvalue weighted by atomic mass is 16.4. The van der Waals surface area contributed by atoms with Crippen molar-refractivity contribution in [2.45, 2.75) is 32.7 Å². The SMILES string of the molecule is CC(C)n1c(CC(=O)O)cc(=O)c2cc(CC(=O)O)ccc21. The number of hydrogen-bond donors (Lipinski definition) is 2. The van der Waals surface area contributed by atoms with E-state index in [9.17, 15) is 14.4 Å². The molecule has 0 aliphatic rings. The monoisotopic (exact) mass is 303 g/mol. The molecule has 0 atom stereocenters. The molecule has 0 aliphatic carbocycles. The lowest BCUT2D eigenvalue weighted by molar-refractivity contribution is -0.137. The van der Waals surface area contributed by atoms with Gasteiger partial charge in [0.1, 0.15) is 0 Å². The van der Waals surface area contributed by atoms with Crippen LogP contribution in [-0.2, 0) is 22.4 Å². The van der Waals surface area contributed by atoms with Crippen molar-refractivity contribution in [3.05, 3.63) is 45.7 Å². The molecule has 0 saturated heterocycles. The fraction of sp³-hybridized carbons (Fsp3) is 0.312. The number of carbonyl (C=O) groups is 2. The van der Waals surface area contributed by atoms with Crippen molar-refractivity contribution in [2.24, 2.45) is 0 Å². The maximum atomic E-state index is 12.2. The lowest BCUT2D eigenvalue weighted by Crippen LogP contribution is -2.18. The van der Waals surface area contributed by atoms with Crippen LogP contribution in [0.25, 0.3) is 10.9 Å². The van der Waals surface area contributed by atoms with Gasteiger partial charge in [-0.25, -0.2) is 0 Å². The molecule has 0 unspecified atom stereocenters. The third-order valence-electron chi connectivity index (χ3n) is 3.40. The minimum absolute atomic E-state index is 0.0252. The highest BCUT2D eigenvalue weighted by Crippen LogP contribution is 2.20. The molecule has 1 heterocycles. The molecule has 0 aliphatic heterocycles. The average Bonchev–Trinajstić information content (AvgIpc) is 2.37. The summed E-state index contributed by atoms with van der Waals surface area (Å²) in [4.78, 5) is 34.0. The van der Waals surface area contributed by atoms with Crippen LogP contribution in [0.5, 0.6) is 0 Å². The fourth-order valence-corrected chi connectivity index (χ4v) is 2.63. The minimum atomic E-state index is -1.00. The molecule has 2 aromatic rings. The van der Waals surface area contributed by atoms with E-state index in [1.54, 1.807) is 22.8 Å². The second-order valence-electron chi connectivity index (χ2n) is 5.46. The largest absolute Gasteiger partial charge is 0.481 e. The number of aliphatic carboxylic acids is 2. The molecule has 1 aromatic heterocycles. The Bertz CT molecular complexity index is 804.